The smallest absolute Gasteiger partial charge is 0.339 e. The van der Waals surface area contributed by atoms with Crippen molar-refractivity contribution >= 4 is 11.9 Å². The minimum atomic E-state index is -0.424. The first-order valence-corrected chi connectivity index (χ1v) is 8.79. The van der Waals surface area contributed by atoms with Crippen molar-refractivity contribution in [2.45, 2.75) is 51.7 Å². The largest absolute Gasteiger partial charge is 0.454 e. The number of carbonyl (C=O) groups is 2. The minimum Gasteiger partial charge on any atom is -0.454 e. The Labute approximate surface area is 141 Å². The molecular weight excluding hydrogens is 304 g/mol. The predicted molar refractivity (Wildman–Crippen MR) is 88.7 cm³/mol. The van der Waals surface area contributed by atoms with Gasteiger partial charge in [0.2, 0.25) is 0 Å². The van der Waals surface area contributed by atoms with E-state index in [2.05, 4.69) is 13.8 Å². The van der Waals surface area contributed by atoms with Crippen LogP contribution in [0.15, 0.2) is 35.4 Å². The van der Waals surface area contributed by atoms with Crippen molar-refractivity contribution in [1.82, 2.24) is 0 Å². The predicted octanol–water partition coefficient (Wildman–Crippen LogP) is 3.91. The van der Waals surface area contributed by atoms with Gasteiger partial charge >= 0.3 is 11.9 Å². The maximum absolute atomic E-state index is 12.7. The molecule has 4 rings (SSSR count). The van der Waals surface area contributed by atoms with E-state index in [4.69, 9.17) is 9.47 Å². The van der Waals surface area contributed by atoms with Crippen molar-refractivity contribution in [2.24, 2.45) is 11.8 Å². The van der Waals surface area contributed by atoms with Crippen molar-refractivity contribution in [1.29, 1.82) is 0 Å². The molecule has 0 aromatic heterocycles. The lowest BCUT2D eigenvalue weighted by atomic mass is 9.71. The Morgan fingerprint density at radius 2 is 1.29 bits per heavy atom. The third-order valence-corrected chi connectivity index (χ3v) is 5.69. The molecule has 1 aromatic rings. The van der Waals surface area contributed by atoms with Crippen LogP contribution in [0.3, 0.4) is 0 Å². The fourth-order valence-corrected chi connectivity index (χ4v) is 4.25. The second kappa shape index (κ2) is 5.76. The number of fused-ring (bicyclic) bond motifs is 1. The molecule has 0 saturated carbocycles. The molecule has 0 N–H and O–H groups in total. The van der Waals surface area contributed by atoms with E-state index in [0.717, 1.165) is 31.3 Å². The van der Waals surface area contributed by atoms with Crippen molar-refractivity contribution in [3.63, 3.8) is 0 Å². The van der Waals surface area contributed by atoms with Crippen molar-refractivity contribution in [3.8, 4) is 0 Å². The molecule has 1 aromatic carbocycles. The van der Waals surface area contributed by atoms with E-state index in [1.165, 1.54) is 5.57 Å². The van der Waals surface area contributed by atoms with E-state index in [9.17, 15) is 9.59 Å². The molecule has 126 valence electrons. The summed E-state index contributed by atoms with van der Waals surface area (Å²) in [5, 5.41) is 0. The van der Waals surface area contributed by atoms with E-state index in [1.54, 1.807) is 24.3 Å². The van der Waals surface area contributed by atoms with Gasteiger partial charge in [-0.25, -0.2) is 9.59 Å². The molecule has 4 unspecified atom stereocenters. The van der Waals surface area contributed by atoms with E-state index in [0.29, 0.717) is 11.1 Å². The first-order valence-electron chi connectivity index (χ1n) is 8.79. The standard InChI is InChI=1S/C20H22O4/c1-11-7-9-13-10-8-12(2)18-16(13)17(11)23-19(21)14-5-3-4-6-15(14)20(22)24-18/h3-6,11-12,17-18H,7-10H2,1-2H3. The number of allylic oxidation sites excluding steroid dienone is 1. The molecule has 4 nitrogen and oxygen atoms in total. The van der Waals surface area contributed by atoms with Gasteiger partial charge in [-0.15, -0.1) is 0 Å². The molecule has 1 aliphatic heterocycles. The molecule has 0 fully saturated rings. The van der Waals surface area contributed by atoms with Crippen LogP contribution in [0.1, 0.15) is 60.2 Å². The van der Waals surface area contributed by atoms with Crippen LogP contribution >= 0.6 is 0 Å². The van der Waals surface area contributed by atoms with Gasteiger partial charge < -0.3 is 9.47 Å². The molecule has 0 amide bonds. The summed E-state index contributed by atoms with van der Waals surface area (Å²) in [7, 11) is 0. The van der Waals surface area contributed by atoms with Crippen LogP contribution in [-0.4, -0.2) is 24.1 Å². The SMILES string of the molecule is CC1CCC2=C3C1OC(=O)c1ccccc1C(=O)OC3C(C)CC2. The monoisotopic (exact) mass is 326 g/mol. The van der Waals surface area contributed by atoms with E-state index < -0.39 is 11.9 Å². The molecule has 0 bridgehead atoms. The summed E-state index contributed by atoms with van der Waals surface area (Å²) in [6.45, 7) is 4.23. The quantitative estimate of drug-likeness (QED) is 0.536. The summed E-state index contributed by atoms with van der Waals surface area (Å²) in [6.07, 6.45) is 3.47. The van der Waals surface area contributed by atoms with Crippen LogP contribution in [0, 0.1) is 11.8 Å². The Hall–Kier alpha value is -2.10. The average molecular weight is 326 g/mol. The van der Waals surface area contributed by atoms with Crippen molar-refractivity contribution < 1.29 is 19.1 Å². The van der Waals surface area contributed by atoms with Gasteiger partial charge in [0, 0.05) is 5.57 Å². The zero-order chi connectivity index (χ0) is 16.8. The molecule has 1 heterocycles. The molecular formula is C20H22O4. The fraction of sp³-hybridized carbons (Fsp3) is 0.500. The zero-order valence-electron chi connectivity index (χ0n) is 14.1. The van der Waals surface area contributed by atoms with Gasteiger partial charge in [0.15, 0.2) is 0 Å². The number of esters is 2. The Kier molecular flexibility index (Phi) is 3.70. The second-order valence-electron chi connectivity index (χ2n) is 7.29. The number of hydrogen-bond acceptors (Lipinski definition) is 4. The van der Waals surface area contributed by atoms with Crippen LogP contribution in [0.4, 0.5) is 0 Å². The summed E-state index contributed by atoms with van der Waals surface area (Å²) in [4.78, 5) is 25.4. The lowest BCUT2D eigenvalue weighted by molar-refractivity contribution is -0.00161. The first kappa shape index (κ1) is 15.4. The molecule has 2 aliphatic carbocycles. The van der Waals surface area contributed by atoms with Crippen LogP contribution in [0.5, 0.6) is 0 Å². The maximum atomic E-state index is 12.7. The third kappa shape index (κ3) is 2.36. The Morgan fingerprint density at radius 1 is 0.833 bits per heavy atom. The van der Waals surface area contributed by atoms with E-state index >= 15 is 0 Å². The van der Waals surface area contributed by atoms with Gasteiger partial charge in [0.05, 0.1) is 11.1 Å². The summed E-state index contributed by atoms with van der Waals surface area (Å²) in [6, 6.07) is 6.77. The van der Waals surface area contributed by atoms with E-state index in [1.807, 2.05) is 0 Å². The maximum Gasteiger partial charge on any atom is 0.339 e. The minimum absolute atomic E-state index is 0.240. The van der Waals surface area contributed by atoms with E-state index in [-0.39, 0.29) is 24.0 Å². The number of rotatable bonds is 0. The van der Waals surface area contributed by atoms with Crippen LogP contribution in [-0.2, 0) is 9.47 Å². The number of ether oxygens (including phenoxy) is 2. The summed E-state index contributed by atoms with van der Waals surface area (Å²) in [5.74, 6) is -0.368. The lowest BCUT2D eigenvalue weighted by Crippen LogP contribution is -2.41. The van der Waals surface area contributed by atoms with Gasteiger partial charge in [0.1, 0.15) is 12.2 Å². The first-order chi connectivity index (χ1) is 11.6. The molecule has 4 atom stereocenters. The van der Waals surface area contributed by atoms with Crippen LogP contribution < -0.4 is 0 Å². The molecule has 0 radical (unpaired) electrons. The van der Waals surface area contributed by atoms with Crippen LogP contribution in [0.25, 0.3) is 0 Å². The molecule has 4 heteroatoms. The highest BCUT2D eigenvalue weighted by Gasteiger charge is 2.43. The molecule has 0 saturated heterocycles. The third-order valence-electron chi connectivity index (χ3n) is 5.69. The second-order valence-corrected chi connectivity index (χ2v) is 7.29. The topological polar surface area (TPSA) is 52.6 Å². The van der Waals surface area contributed by atoms with Gasteiger partial charge in [-0.05, 0) is 49.7 Å². The Morgan fingerprint density at radius 3 is 1.75 bits per heavy atom. The highest BCUT2D eigenvalue weighted by molar-refractivity contribution is 6.03. The zero-order valence-corrected chi connectivity index (χ0v) is 14.1. The molecule has 24 heavy (non-hydrogen) atoms. The van der Waals surface area contributed by atoms with Gasteiger partial charge in [0.25, 0.3) is 0 Å². The highest BCUT2D eigenvalue weighted by atomic mass is 16.6. The normalized spacial score (nSPS) is 32.6. The molecule has 3 aliphatic rings. The average Bonchev–Trinajstić information content (AvgIpc) is 2.63. The number of hydrogen-bond donors (Lipinski definition) is 0. The van der Waals surface area contributed by atoms with Crippen LogP contribution in [0.2, 0.25) is 0 Å². The fourth-order valence-electron chi connectivity index (χ4n) is 4.25. The van der Waals surface area contributed by atoms with Crippen molar-refractivity contribution in [2.75, 3.05) is 0 Å². The number of benzene rings is 1. The van der Waals surface area contributed by atoms with Gasteiger partial charge in [-0.1, -0.05) is 31.6 Å². The van der Waals surface area contributed by atoms with Gasteiger partial charge in [-0.2, -0.15) is 0 Å². The van der Waals surface area contributed by atoms with Crippen molar-refractivity contribution in [3.05, 3.63) is 46.5 Å². The summed E-state index contributed by atoms with van der Waals surface area (Å²) >= 11 is 0. The van der Waals surface area contributed by atoms with Gasteiger partial charge in [-0.3, -0.25) is 0 Å². The molecule has 0 spiro atoms. The lowest BCUT2D eigenvalue weighted by Gasteiger charge is -2.41. The Balaban J connectivity index is 1.87. The number of carbonyl (C=O) groups excluding carboxylic acids is 2. The highest BCUT2D eigenvalue weighted by Crippen LogP contribution is 2.44. The Bertz CT molecular complexity index is 674. The summed E-state index contributed by atoms with van der Waals surface area (Å²) in [5.41, 5.74) is 2.98. The summed E-state index contributed by atoms with van der Waals surface area (Å²) < 4.78 is 11.8.